The number of carboxylic acids is 1. The molecule has 1 aromatic heterocycles. The molecule has 0 bridgehead atoms. The molecule has 5 nitrogen and oxygen atoms in total. The number of H-pyrrole nitrogens is 1. The monoisotopic (exact) mass is 347 g/mol. The molecule has 0 unspecified atom stereocenters. The number of benzene rings is 2. The van der Waals surface area contributed by atoms with Crippen LogP contribution in [0.25, 0.3) is 22.0 Å². The van der Waals surface area contributed by atoms with E-state index in [0.717, 1.165) is 12.3 Å². The van der Waals surface area contributed by atoms with E-state index in [-0.39, 0.29) is 34.2 Å². The second-order valence-electron chi connectivity index (χ2n) is 5.43. The van der Waals surface area contributed by atoms with Crippen molar-refractivity contribution in [3.8, 4) is 16.9 Å². The van der Waals surface area contributed by atoms with E-state index in [1.807, 2.05) is 0 Å². The Balaban J connectivity index is 2.03. The molecule has 7 heteroatoms. The number of nitrogens with one attached hydrogen (secondary N) is 1. The maximum Gasteiger partial charge on any atom is 0.337 e. The quantitative estimate of drug-likeness (QED) is 0.595. The Morgan fingerprint density at radius 1 is 1.20 bits per heavy atom. The number of aliphatic hydroxyl groups excluding tert-OH is 1. The van der Waals surface area contributed by atoms with Crippen LogP contribution >= 0.6 is 0 Å². The minimum Gasteiger partial charge on any atom is -0.494 e. The molecule has 0 aliphatic carbocycles. The van der Waals surface area contributed by atoms with E-state index < -0.39 is 17.6 Å². The molecule has 25 heavy (non-hydrogen) atoms. The van der Waals surface area contributed by atoms with Gasteiger partial charge in [0.15, 0.2) is 0 Å². The maximum absolute atomic E-state index is 14.8. The normalized spacial score (nSPS) is 11.0. The van der Waals surface area contributed by atoms with Crippen LogP contribution in [0.15, 0.2) is 36.5 Å². The van der Waals surface area contributed by atoms with E-state index in [1.54, 1.807) is 12.1 Å². The van der Waals surface area contributed by atoms with Gasteiger partial charge in [-0.3, -0.25) is 0 Å². The first-order valence-electron chi connectivity index (χ1n) is 7.59. The molecule has 0 atom stereocenters. The predicted molar refractivity (Wildman–Crippen MR) is 87.8 cm³/mol. The second kappa shape index (κ2) is 6.90. The predicted octanol–water partition coefficient (Wildman–Crippen LogP) is 3.57. The van der Waals surface area contributed by atoms with Gasteiger partial charge in [-0.1, -0.05) is 12.1 Å². The maximum atomic E-state index is 14.8. The lowest BCUT2D eigenvalue weighted by Gasteiger charge is -2.09. The van der Waals surface area contributed by atoms with E-state index in [4.69, 9.17) is 14.9 Å². The summed E-state index contributed by atoms with van der Waals surface area (Å²) in [6, 6.07) is 7.19. The van der Waals surface area contributed by atoms with Crippen LogP contribution in [0.5, 0.6) is 5.75 Å². The molecular formula is C18H15F2NO4. The fraction of sp³-hybridized carbons (Fsp3) is 0.167. The molecular weight excluding hydrogens is 332 g/mol. The minimum atomic E-state index is -1.30. The number of ether oxygens (including phenoxy) is 1. The van der Waals surface area contributed by atoms with Crippen molar-refractivity contribution in [2.75, 3.05) is 13.2 Å². The van der Waals surface area contributed by atoms with Crippen LogP contribution in [0.2, 0.25) is 0 Å². The number of carbonyl (C=O) groups is 1. The largest absolute Gasteiger partial charge is 0.494 e. The Morgan fingerprint density at radius 2 is 1.92 bits per heavy atom. The minimum absolute atomic E-state index is 0.0110. The molecule has 3 aromatic rings. The third-order valence-electron chi connectivity index (χ3n) is 3.80. The zero-order chi connectivity index (χ0) is 18.0. The number of fused-ring (bicyclic) bond motifs is 1. The number of hydrogen-bond donors (Lipinski definition) is 3. The molecule has 0 spiro atoms. The molecule has 2 aromatic carbocycles. The first-order valence-corrected chi connectivity index (χ1v) is 7.59. The number of aromatic carboxylic acids is 1. The molecule has 0 radical (unpaired) electrons. The van der Waals surface area contributed by atoms with Gasteiger partial charge in [-0.05, 0) is 23.8 Å². The van der Waals surface area contributed by atoms with Crippen molar-refractivity contribution in [3.63, 3.8) is 0 Å². The van der Waals surface area contributed by atoms with Gasteiger partial charge in [0.25, 0.3) is 0 Å². The molecule has 0 aliphatic heterocycles. The SMILES string of the molecule is O=C(O)c1c[nH]c2cc(F)c(-c3ccc(OCCCO)cc3)c(F)c12. The van der Waals surface area contributed by atoms with Crippen LogP contribution in [0, 0.1) is 11.6 Å². The van der Waals surface area contributed by atoms with Gasteiger partial charge in [0.1, 0.15) is 17.4 Å². The molecule has 0 aliphatic rings. The number of aliphatic hydroxyl groups is 1. The summed E-state index contributed by atoms with van der Waals surface area (Å²) in [4.78, 5) is 13.8. The van der Waals surface area contributed by atoms with Crippen LogP contribution in [-0.4, -0.2) is 34.4 Å². The number of halogens is 2. The van der Waals surface area contributed by atoms with Crippen molar-refractivity contribution in [2.45, 2.75) is 6.42 Å². The van der Waals surface area contributed by atoms with E-state index >= 15 is 0 Å². The Morgan fingerprint density at radius 3 is 2.56 bits per heavy atom. The van der Waals surface area contributed by atoms with Crippen LogP contribution in [0.3, 0.4) is 0 Å². The van der Waals surface area contributed by atoms with Gasteiger partial charge in [0.2, 0.25) is 0 Å². The van der Waals surface area contributed by atoms with Gasteiger partial charge in [-0.2, -0.15) is 0 Å². The Bertz CT molecular complexity index is 919. The van der Waals surface area contributed by atoms with Crippen molar-refractivity contribution >= 4 is 16.9 Å². The highest BCUT2D eigenvalue weighted by molar-refractivity contribution is 6.04. The van der Waals surface area contributed by atoms with Crippen molar-refractivity contribution in [2.24, 2.45) is 0 Å². The highest BCUT2D eigenvalue weighted by Crippen LogP contribution is 2.34. The third kappa shape index (κ3) is 3.18. The summed E-state index contributed by atoms with van der Waals surface area (Å²) in [6.45, 7) is 0.340. The molecule has 0 saturated heterocycles. The molecule has 130 valence electrons. The lowest BCUT2D eigenvalue weighted by atomic mass is 10.0. The number of carboxylic acid groups (broad SMARTS) is 1. The van der Waals surface area contributed by atoms with Gasteiger partial charge >= 0.3 is 5.97 Å². The smallest absolute Gasteiger partial charge is 0.337 e. The van der Waals surface area contributed by atoms with Crippen LogP contribution in [0.4, 0.5) is 8.78 Å². The van der Waals surface area contributed by atoms with E-state index in [2.05, 4.69) is 4.98 Å². The zero-order valence-corrected chi connectivity index (χ0v) is 13.1. The summed E-state index contributed by atoms with van der Waals surface area (Å²) < 4.78 is 34.6. The van der Waals surface area contributed by atoms with Gasteiger partial charge in [0.05, 0.1) is 28.6 Å². The van der Waals surface area contributed by atoms with Gasteiger partial charge in [0, 0.05) is 19.2 Å². The van der Waals surface area contributed by atoms with Gasteiger partial charge in [-0.15, -0.1) is 0 Å². The summed E-state index contributed by atoms with van der Waals surface area (Å²) in [6.07, 6.45) is 1.62. The summed E-state index contributed by atoms with van der Waals surface area (Å²) in [5.74, 6) is -2.51. The van der Waals surface area contributed by atoms with Crippen molar-refractivity contribution in [3.05, 3.63) is 53.7 Å². The molecule has 0 fully saturated rings. The highest BCUT2D eigenvalue weighted by Gasteiger charge is 2.21. The molecule has 3 rings (SSSR count). The van der Waals surface area contributed by atoms with Crippen molar-refractivity contribution in [1.82, 2.24) is 4.98 Å². The fourth-order valence-electron chi connectivity index (χ4n) is 2.62. The van der Waals surface area contributed by atoms with Crippen molar-refractivity contribution in [1.29, 1.82) is 0 Å². The molecule has 0 amide bonds. The third-order valence-corrected chi connectivity index (χ3v) is 3.80. The summed E-state index contributed by atoms with van der Waals surface area (Å²) >= 11 is 0. The summed E-state index contributed by atoms with van der Waals surface area (Å²) in [5, 5.41) is 17.7. The average molecular weight is 347 g/mol. The van der Waals surface area contributed by atoms with Gasteiger partial charge < -0.3 is 19.9 Å². The average Bonchev–Trinajstić information content (AvgIpc) is 3.01. The van der Waals surface area contributed by atoms with E-state index in [0.29, 0.717) is 18.8 Å². The van der Waals surface area contributed by atoms with Crippen LogP contribution in [0.1, 0.15) is 16.8 Å². The van der Waals surface area contributed by atoms with Crippen molar-refractivity contribution < 1.29 is 28.5 Å². The first-order chi connectivity index (χ1) is 12.0. The summed E-state index contributed by atoms with van der Waals surface area (Å²) in [7, 11) is 0. The van der Waals surface area contributed by atoms with E-state index in [9.17, 15) is 13.6 Å². The zero-order valence-electron chi connectivity index (χ0n) is 13.1. The number of hydrogen-bond acceptors (Lipinski definition) is 3. The number of rotatable bonds is 6. The standard InChI is InChI=1S/C18H15F2NO4/c19-13-8-14-16(12(9-21-14)18(23)24)17(20)15(13)10-2-4-11(5-3-10)25-7-1-6-22/h2-5,8-9,21-22H,1,6-7H2,(H,23,24). The molecule has 1 heterocycles. The van der Waals surface area contributed by atoms with E-state index in [1.165, 1.54) is 12.1 Å². The lowest BCUT2D eigenvalue weighted by Crippen LogP contribution is -2.00. The Kier molecular flexibility index (Phi) is 4.67. The highest BCUT2D eigenvalue weighted by atomic mass is 19.1. The Hall–Kier alpha value is -2.93. The van der Waals surface area contributed by atoms with Gasteiger partial charge in [-0.25, -0.2) is 13.6 Å². The number of aromatic nitrogens is 1. The lowest BCUT2D eigenvalue weighted by molar-refractivity contribution is 0.0698. The summed E-state index contributed by atoms with van der Waals surface area (Å²) in [5.41, 5.74) is -0.196. The first kappa shape index (κ1) is 16.9. The Labute approximate surface area is 141 Å². The fourth-order valence-corrected chi connectivity index (χ4v) is 2.62. The van der Waals surface area contributed by atoms with Crippen LogP contribution in [-0.2, 0) is 0 Å². The second-order valence-corrected chi connectivity index (χ2v) is 5.43. The number of aromatic amines is 1. The molecule has 3 N–H and O–H groups in total. The topological polar surface area (TPSA) is 82.5 Å². The molecule has 0 saturated carbocycles. The van der Waals surface area contributed by atoms with Crippen LogP contribution < -0.4 is 4.74 Å².